The van der Waals surface area contributed by atoms with E-state index in [1.54, 1.807) is 11.8 Å². The fourth-order valence-electron chi connectivity index (χ4n) is 0.629. The summed E-state index contributed by atoms with van der Waals surface area (Å²) in [5.74, 6) is 0. The average Bonchev–Trinajstić information content (AvgIpc) is 2.11. The van der Waals surface area contributed by atoms with Crippen LogP contribution in [0.3, 0.4) is 0 Å². The monoisotopic (exact) mass is 237 g/mol. The highest BCUT2D eigenvalue weighted by Crippen LogP contribution is 2.28. The van der Waals surface area contributed by atoms with E-state index in [-0.39, 0.29) is 5.28 Å². The Bertz CT molecular complexity index is 295. The van der Waals surface area contributed by atoms with Crippen LogP contribution in [-0.2, 0) is 0 Å². The van der Waals surface area contributed by atoms with Gasteiger partial charge in [0.1, 0.15) is 5.03 Å². The number of halogens is 2. The molecule has 0 N–H and O–H groups in total. The van der Waals surface area contributed by atoms with Crippen molar-refractivity contribution in [3.05, 3.63) is 10.4 Å². The Labute approximate surface area is 91.2 Å². The third kappa shape index (κ3) is 3.29. The third-order valence-corrected chi connectivity index (χ3v) is 3.25. The van der Waals surface area contributed by atoms with Crippen LogP contribution >= 0.6 is 35.0 Å². The molecule has 0 amide bonds. The van der Waals surface area contributed by atoms with Gasteiger partial charge in [-0.05, 0) is 18.0 Å². The minimum absolute atomic E-state index is 0.134. The van der Waals surface area contributed by atoms with E-state index in [1.165, 1.54) is 0 Å². The van der Waals surface area contributed by atoms with Crippen LogP contribution in [0, 0.1) is 0 Å². The Morgan fingerprint density at radius 1 is 1.38 bits per heavy atom. The lowest BCUT2D eigenvalue weighted by atomic mass is 10.4. The second-order valence-electron chi connectivity index (χ2n) is 2.51. The van der Waals surface area contributed by atoms with Gasteiger partial charge in [-0.2, -0.15) is 0 Å². The first-order valence-electron chi connectivity index (χ1n) is 3.85. The largest absolute Gasteiger partial charge is 0.244 e. The van der Waals surface area contributed by atoms with E-state index >= 15 is 0 Å². The van der Waals surface area contributed by atoms with Crippen LogP contribution in [0.4, 0.5) is 0 Å². The number of hydrogen-bond donors (Lipinski definition) is 0. The minimum atomic E-state index is 0.134. The lowest BCUT2D eigenvalue weighted by molar-refractivity contribution is 0.876. The maximum absolute atomic E-state index is 5.78. The zero-order chi connectivity index (χ0) is 9.84. The molecular formula is C7H9Cl2N3S. The molecule has 0 aliphatic heterocycles. The lowest BCUT2D eigenvalue weighted by Crippen LogP contribution is -1.97. The smallest absolute Gasteiger partial charge is 0.207 e. The van der Waals surface area contributed by atoms with Gasteiger partial charge < -0.3 is 0 Å². The Morgan fingerprint density at radius 3 is 2.69 bits per heavy atom. The Morgan fingerprint density at radius 2 is 2.08 bits per heavy atom. The maximum atomic E-state index is 5.78. The van der Waals surface area contributed by atoms with Crippen LogP contribution in [0.5, 0.6) is 0 Å². The molecule has 0 fully saturated rings. The highest BCUT2D eigenvalue weighted by atomic mass is 35.5. The summed E-state index contributed by atoms with van der Waals surface area (Å²) in [7, 11) is 0. The van der Waals surface area contributed by atoms with E-state index in [0.717, 1.165) is 6.42 Å². The Kier molecular flexibility index (Phi) is 4.22. The van der Waals surface area contributed by atoms with Crippen LogP contribution in [-0.4, -0.2) is 20.4 Å². The highest BCUT2D eigenvalue weighted by molar-refractivity contribution is 7.99. The average molecular weight is 238 g/mol. The van der Waals surface area contributed by atoms with Gasteiger partial charge >= 0.3 is 0 Å². The molecule has 0 saturated heterocycles. The van der Waals surface area contributed by atoms with Gasteiger partial charge in [-0.15, -0.1) is 22.0 Å². The molecule has 1 heterocycles. The van der Waals surface area contributed by atoms with Crippen LogP contribution in [0.15, 0.2) is 5.03 Å². The van der Waals surface area contributed by atoms with Gasteiger partial charge in [0.15, 0.2) is 5.15 Å². The molecule has 0 aromatic carbocycles. The topological polar surface area (TPSA) is 38.7 Å². The van der Waals surface area contributed by atoms with Gasteiger partial charge in [0.05, 0.1) is 0 Å². The molecule has 0 spiro atoms. The van der Waals surface area contributed by atoms with Crippen molar-refractivity contribution < 1.29 is 0 Å². The van der Waals surface area contributed by atoms with E-state index < -0.39 is 0 Å². The molecule has 1 atom stereocenters. The Hall–Kier alpha value is -0.0600. The molecule has 72 valence electrons. The summed E-state index contributed by atoms with van der Waals surface area (Å²) in [6.07, 6.45) is 1.04. The van der Waals surface area contributed by atoms with Crippen molar-refractivity contribution in [3.8, 4) is 0 Å². The summed E-state index contributed by atoms with van der Waals surface area (Å²) in [5, 5.41) is 8.75. The summed E-state index contributed by atoms with van der Waals surface area (Å²) in [5.41, 5.74) is 0. The number of thioether (sulfide) groups is 1. The third-order valence-electron chi connectivity index (χ3n) is 1.48. The molecular weight excluding hydrogens is 229 g/mol. The summed E-state index contributed by atoms with van der Waals surface area (Å²) in [6.45, 7) is 4.19. The molecule has 1 rings (SSSR count). The van der Waals surface area contributed by atoms with Gasteiger partial charge in [-0.3, -0.25) is 0 Å². The van der Waals surface area contributed by atoms with Crippen molar-refractivity contribution >= 4 is 35.0 Å². The SMILES string of the molecule is CCC(C)Sc1nc(Cl)nnc1Cl. The van der Waals surface area contributed by atoms with Crippen molar-refractivity contribution in [1.29, 1.82) is 0 Å². The number of nitrogens with zero attached hydrogens (tertiary/aromatic N) is 3. The first-order valence-corrected chi connectivity index (χ1v) is 5.49. The fraction of sp³-hybridized carbons (Fsp3) is 0.571. The molecule has 0 aliphatic carbocycles. The lowest BCUT2D eigenvalue weighted by Gasteiger charge is -2.07. The molecule has 13 heavy (non-hydrogen) atoms. The number of aromatic nitrogens is 3. The second kappa shape index (κ2) is 4.98. The van der Waals surface area contributed by atoms with Crippen molar-refractivity contribution in [3.63, 3.8) is 0 Å². The molecule has 3 nitrogen and oxygen atoms in total. The molecule has 0 bridgehead atoms. The minimum Gasteiger partial charge on any atom is -0.207 e. The molecule has 6 heteroatoms. The standard InChI is InChI=1S/C7H9Cl2N3S/c1-3-4(2)13-6-5(8)11-12-7(9)10-6/h4H,3H2,1-2H3. The van der Waals surface area contributed by atoms with Crippen LogP contribution < -0.4 is 0 Å². The fourth-order valence-corrected chi connectivity index (χ4v) is 1.84. The number of rotatable bonds is 3. The molecule has 1 aromatic heterocycles. The van der Waals surface area contributed by atoms with Gasteiger partial charge in [-0.25, -0.2) is 4.98 Å². The van der Waals surface area contributed by atoms with Crippen LogP contribution in [0.1, 0.15) is 20.3 Å². The zero-order valence-corrected chi connectivity index (χ0v) is 9.62. The molecule has 0 saturated carbocycles. The summed E-state index contributed by atoms with van der Waals surface area (Å²) < 4.78 is 0. The van der Waals surface area contributed by atoms with Gasteiger partial charge in [0.2, 0.25) is 5.28 Å². The van der Waals surface area contributed by atoms with Crippen molar-refractivity contribution in [1.82, 2.24) is 15.2 Å². The summed E-state index contributed by atoms with van der Waals surface area (Å²) in [4.78, 5) is 3.98. The number of hydrogen-bond acceptors (Lipinski definition) is 4. The van der Waals surface area contributed by atoms with Crippen molar-refractivity contribution in [2.24, 2.45) is 0 Å². The molecule has 0 aliphatic rings. The Balaban J connectivity index is 2.81. The zero-order valence-electron chi connectivity index (χ0n) is 7.29. The van der Waals surface area contributed by atoms with Crippen LogP contribution in [0.25, 0.3) is 0 Å². The van der Waals surface area contributed by atoms with E-state index in [0.29, 0.717) is 15.4 Å². The molecule has 0 radical (unpaired) electrons. The van der Waals surface area contributed by atoms with Gasteiger partial charge in [0.25, 0.3) is 0 Å². The molecule has 1 aromatic rings. The van der Waals surface area contributed by atoms with E-state index in [2.05, 4.69) is 29.0 Å². The summed E-state index contributed by atoms with van der Waals surface area (Å²) in [6, 6.07) is 0. The quantitative estimate of drug-likeness (QED) is 0.758. The maximum Gasteiger partial charge on any atom is 0.244 e. The van der Waals surface area contributed by atoms with E-state index in [4.69, 9.17) is 23.2 Å². The van der Waals surface area contributed by atoms with Crippen molar-refractivity contribution in [2.45, 2.75) is 30.5 Å². The predicted molar refractivity (Wildman–Crippen MR) is 55.5 cm³/mol. The summed E-state index contributed by atoms with van der Waals surface area (Å²) >= 11 is 12.9. The first-order chi connectivity index (χ1) is 6.13. The van der Waals surface area contributed by atoms with E-state index in [9.17, 15) is 0 Å². The van der Waals surface area contributed by atoms with Crippen LogP contribution in [0.2, 0.25) is 10.4 Å². The first kappa shape index (κ1) is 11.0. The normalized spacial score (nSPS) is 12.9. The second-order valence-corrected chi connectivity index (χ2v) is 4.64. The highest BCUT2D eigenvalue weighted by Gasteiger charge is 2.09. The van der Waals surface area contributed by atoms with Gasteiger partial charge in [0, 0.05) is 5.25 Å². The predicted octanol–water partition coefficient (Wildman–Crippen LogP) is 3.07. The molecule has 1 unspecified atom stereocenters. The van der Waals surface area contributed by atoms with Crippen molar-refractivity contribution in [2.75, 3.05) is 0 Å². The van der Waals surface area contributed by atoms with E-state index in [1.807, 2.05) is 0 Å². The van der Waals surface area contributed by atoms with Gasteiger partial charge in [-0.1, -0.05) is 25.4 Å².